The Bertz CT molecular complexity index is 323. The van der Waals surface area contributed by atoms with Crippen molar-refractivity contribution in [1.29, 1.82) is 0 Å². The highest BCUT2D eigenvalue weighted by molar-refractivity contribution is 6.17. The van der Waals surface area contributed by atoms with Crippen LogP contribution in [0.3, 0.4) is 0 Å². The van der Waals surface area contributed by atoms with Crippen molar-refractivity contribution in [2.75, 3.05) is 31.0 Å². The molecule has 0 radical (unpaired) electrons. The second kappa shape index (κ2) is 8.08. The Labute approximate surface area is 107 Å². The minimum atomic E-state index is 0.102. The summed E-state index contributed by atoms with van der Waals surface area (Å²) >= 11 is 5.48. The summed E-state index contributed by atoms with van der Waals surface area (Å²) in [5, 5.41) is 3.05. The van der Waals surface area contributed by atoms with Crippen LogP contribution in [0.15, 0.2) is 12.3 Å². The zero-order valence-electron chi connectivity index (χ0n) is 10.1. The van der Waals surface area contributed by atoms with Crippen molar-refractivity contribution in [3.8, 4) is 5.88 Å². The molecule has 0 spiro atoms. The van der Waals surface area contributed by atoms with E-state index in [0.717, 1.165) is 0 Å². The molecule has 0 fully saturated rings. The van der Waals surface area contributed by atoms with Crippen LogP contribution in [-0.2, 0) is 4.74 Å². The lowest BCUT2D eigenvalue weighted by Gasteiger charge is -2.10. The maximum Gasteiger partial charge on any atom is 0.226 e. The van der Waals surface area contributed by atoms with Gasteiger partial charge in [-0.15, -0.1) is 11.6 Å². The molecule has 0 aliphatic heterocycles. The van der Waals surface area contributed by atoms with E-state index in [9.17, 15) is 0 Å². The Balaban J connectivity index is 2.32. The number of aromatic nitrogens is 2. The van der Waals surface area contributed by atoms with Crippen molar-refractivity contribution in [3.05, 3.63) is 12.3 Å². The SMILES string of the molecule is CC(C)Oc1ccnc(NCCOCCCl)n1. The first-order valence-corrected chi connectivity index (χ1v) is 6.13. The molecule has 0 aliphatic carbocycles. The molecule has 17 heavy (non-hydrogen) atoms. The highest BCUT2D eigenvalue weighted by atomic mass is 35.5. The van der Waals surface area contributed by atoms with E-state index in [2.05, 4.69) is 15.3 Å². The number of hydrogen-bond acceptors (Lipinski definition) is 5. The Kier molecular flexibility index (Phi) is 6.65. The summed E-state index contributed by atoms with van der Waals surface area (Å²) in [6, 6.07) is 1.73. The Morgan fingerprint density at radius 3 is 2.94 bits per heavy atom. The minimum Gasteiger partial charge on any atom is -0.475 e. The van der Waals surface area contributed by atoms with E-state index in [-0.39, 0.29) is 6.10 Å². The van der Waals surface area contributed by atoms with Gasteiger partial charge in [0.2, 0.25) is 11.8 Å². The maximum atomic E-state index is 5.48. The van der Waals surface area contributed by atoms with Crippen LogP contribution >= 0.6 is 11.6 Å². The molecule has 0 atom stereocenters. The van der Waals surface area contributed by atoms with Crippen LogP contribution in [0.5, 0.6) is 5.88 Å². The molecule has 96 valence electrons. The largest absolute Gasteiger partial charge is 0.475 e. The zero-order valence-corrected chi connectivity index (χ0v) is 10.9. The summed E-state index contributed by atoms with van der Waals surface area (Å²) in [7, 11) is 0. The van der Waals surface area contributed by atoms with Crippen molar-refractivity contribution in [2.24, 2.45) is 0 Å². The van der Waals surface area contributed by atoms with E-state index >= 15 is 0 Å². The lowest BCUT2D eigenvalue weighted by molar-refractivity contribution is 0.159. The fourth-order valence-corrected chi connectivity index (χ4v) is 1.24. The van der Waals surface area contributed by atoms with Crippen LogP contribution in [-0.4, -0.2) is 41.7 Å². The van der Waals surface area contributed by atoms with Crippen molar-refractivity contribution in [1.82, 2.24) is 9.97 Å². The molecule has 0 aliphatic rings. The van der Waals surface area contributed by atoms with Gasteiger partial charge in [0.05, 0.1) is 19.3 Å². The van der Waals surface area contributed by atoms with Crippen LogP contribution in [0, 0.1) is 0 Å². The average molecular weight is 260 g/mol. The van der Waals surface area contributed by atoms with Crippen LogP contribution < -0.4 is 10.1 Å². The highest BCUT2D eigenvalue weighted by Crippen LogP contribution is 2.09. The van der Waals surface area contributed by atoms with Gasteiger partial charge in [-0.3, -0.25) is 0 Å². The summed E-state index contributed by atoms with van der Waals surface area (Å²) in [6.07, 6.45) is 1.76. The maximum absolute atomic E-state index is 5.48. The Morgan fingerprint density at radius 2 is 2.24 bits per heavy atom. The topological polar surface area (TPSA) is 56.3 Å². The molecular weight excluding hydrogens is 242 g/mol. The number of nitrogens with one attached hydrogen (secondary N) is 1. The molecule has 1 aromatic heterocycles. The van der Waals surface area contributed by atoms with Crippen molar-refractivity contribution in [2.45, 2.75) is 20.0 Å². The normalized spacial score (nSPS) is 10.6. The molecule has 5 nitrogen and oxygen atoms in total. The second-order valence-electron chi connectivity index (χ2n) is 3.61. The number of hydrogen-bond donors (Lipinski definition) is 1. The number of anilines is 1. The summed E-state index contributed by atoms with van der Waals surface area (Å²) in [6.45, 7) is 5.68. The molecule has 1 aromatic rings. The third-order valence-electron chi connectivity index (χ3n) is 1.74. The standard InChI is InChI=1S/C11H18ClN3O2/c1-9(2)17-10-3-5-13-11(15-10)14-6-8-16-7-4-12/h3,5,9H,4,6-8H2,1-2H3,(H,13,14,15). The van der Waals surface area contributed by atoms with Gasteiger partial charge in [-0.25, -0.2) is 4.98 Å². The molecule has 0 amide bonds. The van der Waals surface area contributed by atoms with Crippen molar-refractivity contribution in [3.63, 3.8) is 0 Å². The molecule has 1 rings (SSSR count). The molecule has 1 N–H and O–H groups in total. The highest BCUT2D eigenvalue weighted by Gasteiger charge is 2.01. The molecule has 0 aromatic carbocycles. The van der Waals surface area contributed by atoms with Crippen LogP contribution in [0.1, 0.15) is 13.8 Å². The van der Waals surface area contributed by atoms with Gasteiger partial charge >= 0.3 is 0 Å². The molecule has 0 saturated carbocycles. The van der Waals surface area contributed by atoms with Gasteiger partial charge in [0.25, 0.3) is 0 Å². The van der Waals surface area contributed by atoms with Crippen LogP contribution in [0.25, 0.3) is 0 Å². The van der Waals surface area contributed by atoms with E-state index in [0.29, 0.717) is 37.5 Å². The third-order valence-corrected chi connectivity index (χ3v) is 1.89. The second-order valence-corrected chi connectivity index (χ2v) is 3.99. The average Bonchev–Trinajstić information content (AvgIpc) is 2.28. The molecule has 0 bridgehead atoms. The van der Waals surface area contributed by atoms with E-state index in [4.69, 9.17) is 21.1 Å². The summed E-state index contributed by atoms with van der Waals surface area (Å²) in [5.74, 6) is 1.62. The van der Waals surface area contributed by atoms with E-state index in [1.165, 1.54) is 0 Å². The minimum absolute atomic E-state index is 0.102. The van der Waals surface area contributed by atoms with Crippen molar-refractivity contribution >= 4 is 17.5 Å². The monoisotopic (exact) mass is 259 g/mol. The number of rotatable bonds is 8. The lowest BCUT2D eigenvalue weighted by atomic mass is 10.5. The molecule has 0 unspecified atom stereocenters. The first kappa shape index (κ1) is 14.0. The van der Waals surface area contributed by atoms with Gasteiger partial charge in [0, 0.05) is 24.7 Å². The number of alkyl halides is 1. The van der Waals surface area contributed by atoms with Crippen LogP contribution in [0.4, 0.5) is 5.95 Å². The van der Waals surface area contributed by atoms with Gasteiger partial charge in [0.1, 0.15) is 0 Å². The Morgan fingerprint density at radius 1 is 1.41 bits per heavy atom. The molecule has 1 heterocycles. The van der Waals surface area contributed by atoms with E-state index in [1.54, 1.807) is 12.3 Å². The van der Waals surface area contributed by atoms with Gasteiger partial charge in [-0.05, 0) is 13.8 Å². The quantitative estimate of drug-likeness (QED) is 0.571. The first-order chi connectivity index (χ1) is 8.22. The summed E-state index contributed by atoms with van der Waals surface area (Å²) < 4.78 is 10.7. The fourth-order valence-electron chi connectivity index (χ4n) is 1.13. The summed E-state index contributed by atoms with van der Waals surface area (Å²) in [5.41, 5.74) is 0. The van der Waals surface area contributed by atoms with Gasteiger partial charge in [-0.1, -0.05) is 0 Å². The van der Waals surface area contributed by atoms with E-state index in [1.807, 2.05) is 13.8 Å². The first-order valence-electron chi connectivity index (χ1n) is 5.59. The predicted molar refractivity (Wildman–Crippen MR) is 67.8 cm³/mol. The smallest absolute Gasteiger partial charge is 0.226 e. The van der Waals surface area contributed by atoms with Gasteiger partial charge in [-0.2, -0.15) is 4.98 Å². The lowest BCUT2D eigenvalue weighted by Crippen LogP contribution is -2.13. The van der Waals surface area contributed by atoms with E-state index < -0.39 is 0 Å². The third kappa shape index (κ3) is 6.28. The van der Waals surface area contributed by atoms with Crippen molar-refractivity contribution < 1.29 is 9.47 Å². The number of halogens is 1. The fraction of sp³-hybridized carbons (Fsp3) is 0.636. The van der Waals surface area contributed by atoms with Gasteiger partial charge in [0.15, 0.2) is 0 Å². The van der Waals surface area contributed by atoms with Gasteiger partial charge < -0.3 is 14.8 Å². The number of nitrogens with zero attached hydrogens (tertiary/aromatic N) is 2. The zero-order chi connectivity index (χ0) is 12.5. The number of ether oxygens (including phenoxy) is 2. The Hall–Kier alpha value is -1.07. The molecular formula is C11H18ClN3O2. The molecule has 6 heteroatoms. The summed E-state index contributed by atoms with van der Waals surface area (Å²) in [4.78, 5) is 8.29. The molecule has 0 saturated heterocycles. The van der Waals surface area contributed by atoms with Crippen LogP contribution in [0.2, 0.25) is 0 Å². The predicted octanol–water partition coefficient (Wildman–Crippen LogP) is 1.93.